The largest absolute Gasteiger partial charge is 0.507 e. The minimum atomic E-state index is -2.71. The molecule has 0 aliphatic rings. The van der Waals surface area contributed by atoms with Crippen LogP contribution in [0.5, 0.6) is 5.75 Å². The van der Waals surface area contributed by atoms with E-state index in [2.05, 4.69) is 10.3 Å². The number of phenols is 1. The predicted molar refractivity (Wildman–Crippen MR) is 71.5 cm³/mol. The Morgan fingerprint density at radius 1 is 1.42 bits per heavy atom. The van der Waals surface area contributed by atoms with Gasteiger partial charge >= 0.3 is 0 Å². The van der Waals surface area contributed by atoms with Gasteiger partial charge in [0.05, 0.1) is 11.8 Å². The normalized spacial score (nSPS) is 10.6. The SMILES string of the molecule is Cc1ccc(O)c(C(=O)Nc2ncc([SH](=O)=O)s2)c1. The highest BCUT2D eigenvalue weighted by atomic mass is 32.2. The molecule has 0 spiro atoms. The molecule has 0 aliphatic heterocycles. The smallest absolute Gasteiger partial charge is 0.261 e. The molecular weight excluding hydrogens is 288 g/mol. The Morgan fingerprint density at radius 2 is 2.16 bits per heavy atom. The van der Waals surface area contributed by atoms with Crippen LogP contribution in [0.4, 0.5) is 5.13 Å². The van der Waals surface area contributed by atoms with Crippen molar-refractivity contribution in [2.45, 2.75) is 11.1 Å². The zero-order valence-electron chi connectivity index (χ0n) is 9.78. The van der Waals surface area contributed by atoms with Crippen molar-refractivity contribution in [1.29, 1.82) is 0 Å². The summed E-state index contributed by atoms with van der Waals surface area (Å²) in [5.41, 5.74) is 0.939. The minimum absolute atomic E-state index is 0.0683. The van der Waals surface area contributed by atoms with Crippen LogP contribution < -0.4 is 5.32 Å². The average Bonchev–Trinajstić information content (AvgIpc) is 2.80. The maximum atomic E-state index is 11.9. The maximum Gasteiger partial charge on any atom is 0.261 e. The first-order chi connectivity index (χ1) is 8.97. The van der Waals surface area contributed by atoms with Gasteiger partial charge < -0.3 is 5.11 Å². The number of aromatic hydroxyl groups is 1. The van der Waals surface area contributed by atoms with Crippen molar-refractivity contribution in [3.05, 3.63) is 35.5 Å². The van der Waals surface area contributed by atoms with E-state index < -0.39 is 16.6 Å². The third-order valence-electron chi connectivity index (χ3n) is 2.29. The summed E-state index contributed by atoms with van der Waals surface area (Å²) in [4.78, 5) is 15.7. The van der Waals surface area contributed by atoms with Gasteiger partial charge in [0, 0.05) is 0 Å². The zero-order chi connectivity index (χ0) is 14.0. The van der Waals surface area contributed by atoms with Gasteiger partial charge in [-0.2, -0.15) is 0 Å². The summed E-state index contributed by atoms with van der Waals surface area (Å²) in [6, 6.07) is 4.63. The number of aryl methyl sites for hydroxylation is 1. The van der Waals surface area contributed by atoms with Gasteiger partial charge in [-0.25, -0.2) is 13.4 Å². The van der Waals surface area contributed by atoms with Gasteiger partial charge in [-0.15, -0.1) is 0 Å². The first kappa shape index (κ1) is 13.5. The van der Waals surface area contributed by atoms with Gasteiger partial charge in [0.25, 0.3) is 5.91 Å². The van der Waals surface area contributed by atoms with Crippen LogP contribution in [0.1, 0.15) is 15.9 Å². The second kappa shape index (κ2) is 5.37. The van der Waals surface area contributed by atoms with Crippen LogP contribution in [0.15, 0.2) is 28.6 Å². The number of carbonyl (C=O) groups is 1. The molecule has 100 valence electrons. The van der Waals surface area contributed by atoms with Crippen LogP contribution in [-0.2, 0) is 10.7 Å². The number of aromatic nitrogens is 1. The Labute approximate surface area is 114 Å². The lowest BCUT2D eigenvalue weighted by Gasteiger charge is -2.05. The topological polar surface area (TPSA) is 96.4 Å². The Bertz CT molecular complexity index is 698. The second-order valence-electron chi connectivity index (χ2n) is 3.74. The van der Waals surface area contributed by atoms with Crippen molar-refractivity contribution < 1.29 is 18.3 Å². The van der Waals surface area contributed by atoms with Gasteiger partial charge in [0.1, 0.15) is 9.96 Å². The zero-order valence-corrected chi connectivity index (χ0v) is 11.5. The summed E-state index contributed by atoms with van der Waals surface area (Å²) in [6.45, 7) is 1.79. The molecule has 1 heterocycles. The highest BCUT2D eigenvalue weighted by Gasteiger charge is 2.13. The molecule has 0 atom stereocenters. The molecule has 0 saturated heterocycles. The van der Waals surface area contributed by atoms with Crippen LogP contribution in [0, 0.1) is 6.92 Å². The number of amides is 1. The minimum Gasteiger partial charge on any atom is -0.507 e. The van der Waals surface area contributed by atoms with E-state index in [9.17, 15) is 18.3 Å². The summed E-state index contributed by atoms with van der Waals surface area (Å²) in [6.07, 6.45) is 1.17. The van der Waals surface area contributed by atoms with Crippen LogP contribution in [-0.4, -0.2) is 24.4 Å². The van der Waals surface area contributed by atoms with Gasteiger partial charge in [-0.3, -0.25) is 10.1 Å². The van der Waals surface area contributed by atoms with Crippen molar-refractivity contribution in [2.24, 2.45) is 0 Å². The van der Waals surface area contributed by atoms with E-state index in [1.165, 1.54) is 18.3 Å². The lowest BCUT2D eigenvalue weighted by atomic mass is 10.1. The molecule has 0 radical (unpaired) electrons. The standard InChI is InChI=1S/C11H10N2O4S2/c1-6-2-3-8(14)7(4-6)10(15)13-11-12-5-9(18-11)19(16)17/h2-5,14,19H,1H3,(H,12,13,15). The summed E-state index contributed by atoms with van der Waals surface area (Å²) in [5, 5.41) is 12.2. The molecule has 1 aromatic carbocycles. The fourth-order valence-electron chi connectivity index (χ4n) is 1.40. The van der Waals surface area contributed by atoms with E-state index in [0.29, 0.717) is 0 Å². The van der Waals surface area contributed by atoms with Crippen molar-refractivity contribution >= 4 is 33.1 Å². The number of phenolic OH excluding ortho intramolecular Hbond substituents is 1. The first-order valence-corrected chi connectivity index (χ1v) is 7.18. The third kappa shape index (κ3) is 3.09. The third-order valence-corrected chi connectivity index (χ3v) is 4.20. The van der Waals surface area contributed by atoms with Gasteiger partial charge in [-0.1, -0.05) is 23.0 Å². The maximum absolute atomic E-state index is 11.9. The Hall–Kier alpha value is -1.93. The molecule has 0 fully saturated rings. The van der Waals surface area contributed by atoms with Gasteiger partial charge in [0.15, 0.2) is 15.8 Å². The fourth-order valence-corrected chi connectivity index (χ4v) is 2.67. The molecule has 2 N–H and O–H groups in total. The van der Waals surface area contributed by atoms with E-state index in [0.717, 1.165) is 16.9 Å². The fraction of sp³-hybridized carbons (Fsp3) is 0.0909. The number of hydrogen-bond acceptors (Lipinski definition) is 6. The number of carbonyl (C=O) groups excluding carboxylic acids is 1. The van der Waals surface area contributed by atoms with E-state index >= 15 is 0 Å². The van der Waals surface area contributed by atoms with Crippen molar-refractivity contribution in [3.8, 4) is 5.75 Å². The number of thiol groups is 1. The molecule has 6 nitrogen and oxygen atoms in total. The average molecular weight is 298 g/mol. The number of rotatable bonds is 3. The first-order valence-electron chi connectivity index (χ1n) is 5.18. The lowest BCUT2D eigenvalue weighted by molar-refractivity contribution is 0.102. The van der Waals surface area contributed by atoms with E-state index in [-0.39, 0.29) is 20.7 Å². The quantitative estimate of drug-likeness (QED) is 0.744. The number of nitrogens with zero attached hydrogens (tertiary/aromatic N) is 1. The van der Waals surface area contributed by atoms with Crippen LogP contribution in [0.3, 0.4) is 0 Å². The Kier molecular flexibility index (Phi) is 3.82. The molecule has 1 amide bonds. The second-order valence-corrected chi connectivity index (χ2v) is 6.06. The predicted octanol–water partition coefficient (Wildman–Crippen LogP) is 1.38. The molecule has 19 heavy (non-hydrogen) atoms. The van der Waals surface area contributed by atoms with E-state index in [4.69, 9.17) is 0 Å². The summed E-state index contributed by atoms with van der Waals surface area (Å²) >= 11 is 0.853. The summed E-state index contributed by atoms with van der Waals surface area (Å²) in [7, 11) is -2.71. The molecule has 8 heteroatoms. The summed E-state index contributed by atoms with van der Waals surface area (Å²) in [5.74, 6) is -0.682. The van der Waals surface area contributed by atoms with E-state index in [1.807, 2.05) is 0 Å². The lowest BCUT2D eigenvalue weighted by Crippen LogP contribution is -2.12. The molecule has 2 rings (SSSR count). The van der Waals surface area contributed by atoms with Crippen LogP contribution in [0.25, 0.3) is 0 Å². The monoisotopic (exact) mass is 298 g/mol. The highest BCUT2D eigenvalue weighted by molar-refractivity contribution is 7.75. The number of anilines is 1. The van der Waals surface area contributed by atoms with Crippen LogP contribution >= 0.6 is 11.3 Å². The Balaban J connectivity index is 2.22. The van der Waals surface area contributed by atoms with E-state index in [1.54, 1.807) is 13.0 Å². The highest BCUT2D eigenvalue weighted by Crippen LogP contribution is 2.23. The van der Waals surface area contributed by atoms with Crippen LogP contribution in [0.2, 0.25) is 0 Å². The Morgan fingerprint density at radius 3 is 2.79 bits per heavy atom. The van der Waals surface area contributed by atoms with Crippen molar-refractivity contribution in [3.63, 3.8) is 0 Å². The molecule has 1 aromatic heterocycles. The molecule has 0 aliphatic carbocycles. The number of hydrogen-bond donors (Lipinski definition) is 3. The number of thiazole rings is 1. The number of nitrogens with one attached hydrogen (secondary N) is 1. The molecule has 0 unspecified atom stereocenters. The van der Waals surface area contributed by atoms with Gasteiger partial charge in [-0.05, 0) is 19.1 Å². The number of benzene rings is 1. The molecule has 0 saturated carbocycles. The van der Waals surface area contributed by atoms with Crippen molar-refractivity contribution in [2.75, 3.05) is 5.32 Å². The summed E-state index contributed by atoms with van der Waals surface area (Å²) < 4.78 is 21.5. The van der Waals surface area contributed by atoms with Crippen molar-refractivity contribution in [1.82, 2.24) is 4.98 Å². The molecule has 2 aromatic rings. The molecule has 0 bridgehead atoms. The molecular formula is C11H10N2O4S2. The van der Waals surface area contributed by atoms with Gasteiger partial charge in [0.2, 0.25) is 0 Å².